The summed E-state index contributed by atoms with van der Waals surface area (Å²) in [6.45, 7) is 2.14. The minimum atomic E-state index is -0.322. The third kappa shape index (κ3) is 4.25. The molecule has 3 N–H and O–H groups in total. The molecule has 1 aromatic heterocycles. The molecule has 2 aromatic rings. The van der Waals surface area contributed by atoms with Gasteiger partial charge in [0, 0.05) is 0 Å². The van der Waals surface area contributed by atoms with Crippen molar-refractivity contribution in [3.63, 3.8) is 0 Å². The molecule has 0 saturated carbocycles. The van der Waals surface area contributed by atoms with Gasteiger partial charge in [0.05, 0.1) is 11.8 Å². The molecule has 0 aliphatic rings. The van der Waals surface area contributed by atoms with Crippen LogP contribution in [0.25, 0.3) is 0 Å². The van der Waals surface area contributed by atoms with Crippen molar-refractivity contribution in [1.29, 1.82) is 0 Å². The van der Waals surface area contributed by atoms with E-state index in [0.717, 1.165) is 23.5 Å². The maximum absolute atomic E-state index is 9.24. The van der Waals surface area contributed by atoms with Gasteiger partial charge in [0.2, 0.25) is 5.89 Å². The van der Waals surface area contributed by atoms with Crippen molar-refractivity contribution in [2.75, 3.05) is 5.75 Å². The molecule has 0 fully saturated rings. The molecule has 0 aliphatic carbocycles. The number of phenols is 1. The van der Waals surface area contributed by atoms with Crippen LogP contribution in [0.5, 0.6) is 5.75 Å². The Morgan fingerprint density at radius 3 is 2.80 bits per heavy atom. The first-order valence-electron chi connectivity index (χ1n) is 6.62. The number of hydrogen-bond donors (Lipinski definition) is 2. The maximum Gasteiger partial charge on any atom is 0.243 e. The number of benzene rings is 1. The molecule has 0 spiro atoms. The molecule has 108 valence electrons. The number of aromatic hydroxyl groups is 1. The fourth-order valence-corrected chi connectivity index (χ4v) is 2.49. The van der Waals surface area contributed by atoms with E-state index < -0.39 is 0 Å². The molecule has 0 unspecified atom stereocenters. The minimum absolute atomic E-state index is 0.246. The number of nitrogens with two attached hydrogens (primary N) is 1. The highest BCUT2D eigenvalue weighted by atomic mass is 32.2. The minimum Gasteiger partial charge on any atom is -0.508 e. The van der Waals surface area contributed by atoms with Gasteiger partial charge in [-0.15, -0.1) is 0 Å². The smallest absolute Gasteiger partial charge is 0.243 e. The predicted octanol–water partition coefficient (Wildman–Crippen LogP) is 2.66. The summed E-state index contributed by atoms with van der Waals surface area (Å²) in [5, 5.41) is 13.2. The number of rotatable bonds is 7. The number of hydrogen-bond acceptors (Lipinski definition) is 6. The quantitative estimate of drug-likeness (QED) is 0.763. The van der Waals surface area contributed by atoms with Crippen LogP contribution in [0.2, 0.25) is 0 Å². The van der Waals surface area contributed by atoms with E-state index in [-0.39, 0.29) is 11.8 Å². The Morgan fingerprint density at radius 2 is 2.10 bits per heavy atom. The van der Waals surface area contributed by atoms with Gasteiger partial charge in [-0.1, -0.05) is 24.2 Å². The van der Waals surface area contributed by atoms with Gasteiger partial charge < -0.3 is 15.4 Å². The van der Waals surface area contributed by atoms with E-state index in [0.29, 0.717) is 18.1 Å². The summed E-state index contributed by atoms with van der Waals surface area (Å²) in [4.78, 5) is 4.32. The summed E-state index contributed by atoms with van der Waals surface area (Å²) < 4.78 is 5.20. The van der Waals surface area contributed by atoms with Crippen LogP contribution >= 0.6 is 11.8 Å². The van der Waals surface area contributed by atoms with Gasteiger partial charge in [0.1, 0.15) is 5.75 Å². The Morgan fingerprint density at radius 1 is 1.35 bits per heavy atom. The zero-order chi connectivity index (χ0) is 14.4. The third-order valence-corrected chi connectivity index (χ3v) is 3.93. The number of aromatic nitrogens is 2. The molecule has 1 atom stereocenters. The van der Waals surface area contributed by atoms with Gasteiger partial charge in [0.15, 0.2) is 5.82 Å². The maximum atomic E-state index is 9.24. The average molecular weight is 293 g/mol. The molecular formula is C14H19N3O2S. The topological polar surface area (TPSA) is 85.2 Å². The zero-order valence-electron chi connectivity index (χ0n) is 11.5. The van der Waals surface area contributed by atoms with Crippen molar-refractivity contribution >= 4 is 11.8 Å². The summed E-state index contributed by atoms with van der Waals surface area (Å²) in [7, 11) is 0. The lowest BCUT2D eigenvalue weighted by Crippen LogP contribution is -2.13. The third-order valence-electron chi connectivity index (χ3n) is 2.77. The van der Waals surface area contributed by atoms with E-state index in [2.05, 4.69) is 17.1 Å². The van der Waals surface area contributed by atoms with Crippen molar-refractivity contribution in [3.05, 3.63) is 41.5 Å². The lowest BCUT2D eigenvalue weighted by Gasteiger charge is -2.06. The van der Waals surface area contributed by atoms with Gasteiger partial charge in [-0.2, -0.15) is 16.7 Å². The lowest BCUT2D eigenvalue weighted by molar-refractivity contribution is 0.351. The van der Waals surface area contributed by atoms with Crippen LogP contribution in [0.1, 0.15) is 36.7 Å². The summed E-state index contributed by atoms with van der Waals surface area (Å²) in [6, 6.07) is 6.63. The zero-order valence-corrected chi connectivity index (χ0v) is 12.3. The van der Waals surface area contributed by atoms with Gasteiger partial charge >= 0.3 is 0 Å². The second kappa shape index (κ2) is 7.31. The summed E-state index contributed by atoms with van der Waals surface area (Å²) in [6.07, 6.45) is 1.74. The first kappa shape index (κ1) is 14.9. The highest BCUT2D eigenvalue weighted by Crippen LogP contribution is 2.18. The first-order chi connectivity index (χ1) is 9.69. The summed E-state index contributed by atoms with van der Waals surface area (Å²) in [5.74, 6) is 3.24. The van der Waals surface area contributed by atoms with Crippen LogP contribution in [-0.2, 0) is 12.2 Å². The van der Waals surface area contributed by atoms with Crippen molar-refractivity contribution in [3.8, 4) is 5.75 Å². The Labute approximate surface area is 122 Å². The second-order valence-electron chi connectivity index (χ2n) is 4.58. The number of phenolic OH excluding ortho intramolecular Hbond substituents is 1. The largest absolute Gasteiger partial charge is 0.508 e. The van der Waals surface area contributed by atoms with Gasteiger partial charge in [0.25, 0.3) is 0 Å². The molecule has 5 nitrogen and oxygen atoms in total. The highest BCUT2D eigenvalue weighted by molar-refractivity contribution is 7.98. The van der Waals surface area contributed by atoms with Crippen LogP contribution in [0, 0.1) is 0 Å². The molecule has 20 heavy (non-hydrogen) atoms. The molecule has 0 aliphatic heterocycles. The fraction of sp³-hybridized carbons (Fsp3) is 0.429. The van der Waals surface area contributed by atoms with Crippen LogP contribution in [0.3, 0.4) is 0 Å². The van der Waals surface area contributed by atoms with E-state index in [1.54, 1.807) is 23.9 Å². The van der Waals surface area contributed by atoms with Crippen molar-refractivity contribution < 1.29 is 9.63 Å². The number of thioether (sulfide) groups is 1. The van der Waals surface area contributed by atoms with E-state index in [9.17, 15) is 5.11 Å². The Kier molecular flexibility index (Phi) is 5.43. The fourth-order valence-electron chi connectivity index (χ4n) is 1.76. The molecule has 0 bridgehead atoms. The van der Waals surface area contributed by atoms with E-state index in [1.807, 2.05) is 12.1 Å². The van der Waals surface area contributed by atoms with E-state index >= 15 is 0 Å². The molecule has 1 aromatic carbocycles. The monoisotopic (exact) mass is 293 g/mol. The predicted molar refractivity (Wildman–Crippen MR) is 79.5 cm³/mol. The molecule has 0 saturated heterocycles. The molecule has 2 rings (SSSR count). The van der Waals surface area contributed by atoms with Crippen LogP contribution < -0.4 is 5.73 Å². The SMILES string of the molecule is CCCSCc1noc([C@@H](N)Cc2ccc(O)cc2)n1. The normalized spacial score (nSPS) is 12.5. The van der Waals surface area contributed by atoms with E-state index in [4.69, 9.17) is 10.3 Å². The average Bonchev–Trinajstić information content (AvgIpc) is 2.91. The molecule has 1 heterocycles. The second-order valence-corrected chi connectivity index (χ2v) is 5.68. The van der Waals surface area contributed by atoms with E-state index in [1.165, 1.54) is 0 Å². The van der Waals surface area contributed by atoms with Gasteiger partial charge in [-0.05, 0) is 36.3 Å². The highest BCUT2D eigenvalue weighted by Gasteiger charge is 2.15. The molecular weight excluding hydrogens is 274 g/mol. The first-order valence-corrected chi connectivity index (χ1v) is 7.78. The van der Waals surface area contributed by atoms with Crippen LogP contribution in [0.15, 0.2) is 28.8 Å². The van der Waals surface area contributed by atoms with Crippen LogP contribution in [-0.4, -0.2) is 21.0 Å². The van der Waals surface area contributed by atoms with Crippen molar-refractivity contribution in [1.82, 2.24) is 10.1 Å². The van der Waals surface area contributed by atoms with Crippen molar-refractivity contribution in [2.24, 2.45) is 5.73 Å². The molecule has 0 amide bonds. The lowest BCUT2D eigenvalue weighted by atomic mass is 10.1. The Hall–Kier alpha value is -1.53. The molecule has 0 radical (unpaired) electrons. The summed E-state index contributed by atoms with van der Waals surface area (Å²) >= 11 is 1.78. The standard InChI is InChI=1S/C14H19N3O2S/c1-2-7-20-9-13-16-14(19-17-13)12(15)8-10-3-5-11(18)6-4-10/h3-6,12,18H,2,7-9,15H2,1H3/t12-/m0/s1. The van der Waals surface area contributed by atoms with Crippen molar-refractivity contribution in [2.45, 2.75) is 31.6 Å². The summed E-state index contributed by atoms with van der Waals surface area (Å²) in [5.41, 5.74) is 7.09. The number of nitrogens with zero attached hydrogens (tertiary/aromatic N) is 2. The van der Waals surface area contributed by atoms with Gasteiger partial charge in [-0.25, -0.2) is 0 Å². The Balaban J connectivity index is 1.91. The van der Waals surface area contributed by atoms with Gasteiger partial charge in [-0.3, -0.25) is 0 Å². The molecule has 6 heteroatoms. The Bertz CT molecular complexity index is 527. The van der Waals surface area contributed by atoms with Crippen LogP contribution in [0.4, 0.5) is 0 Å².